The standard InChI is InChI=1S/C16H26N4O/c1-11(2)10-20(8-7-19(3)4)12-5-6-13-14(9-12)18-16(21)15(13)17/h5-6,9,11,15H,7-8,10,17H2,1-4H3,(H,18,21). The third-order valence-electron chi connectivity index (χ3n) is 3.68. The molecule has 0 bridgehead atoms. The van der Waals surface area contributed by atoms with Gasteiger partial charge < -0.3 is 20.9 Å². The summed E-state index contributed by atoms with van der Waals surface area (Å²) in [7, 11) is 4.16. The minimum absolute atomic E-state index is 0.120. The van der Waals surface area contributed by atoms with Crippen LogP contribution in [0.15, 0.2) is 18.2 Å². The maximum Gasteiger partial charge on any atom is 0.245 e. The molecule has 1 aromatic rings. The summed E-state index contributed by atoms with van der Waals surface area (Å²) in [5, 5.41) is 2.86. The summed E-state index contributed by atoms with van der Waals surface area (Å²) in [4.78, 5) is 16.2. The zero-order chi connectivity index (χ0) is 15.6. The van der Waals surface area contributed by atoms with Gasteiger partial charge >= 0.3 is 0 Å². The van der Waals surface area contributed by atoms with Crippen molar-refractivity contribution in [1.29, 1.82) is 0 Å². The van der Waals surface area contributed by atoms with Crippen LogP contribution >= 0.6 is 0 Å². The van der Waals surface area contributed by atoms with Crippen LogP contribution in [0.1, 0.15) is 25.5 Å². The summed E-state index contributed by atoms with van der Waals surface area (Å²) in [6.07, 6.45) is 0. The summed E-state index contributed by atoms with van der Waals surface area (Å²) in [6, 6.07) is 5.54. The molecule has 1 atom stereocenters. The Labute approximate surface area is 127 Å². The molecule has 0 aromatic heterocycles. The molecular formula is C16H26N4O. The number of nitrogens with two attached hydrogens (primary N) is 1. The molecule has 0 fully saturated rings. The molecular weight excluding hydrogens is 264 g/mol. The lowest BCUT2D eigenvalue weighted by molar-refractivity contribution is -0.116. The molecule has 1 aliphatic rings. The number of rotatable bonds is 6. The molecule has 0 saturated heterocycles. The van der Waals surface area contributed by atoms with E-state index in [4.69, 9.17) is 5.73 Å². The fourth-order valence-corrected chi connectivity index (χ4v) is 2.56. The Morgan fingerprint density at radius 2 is 2.00 bits per heavy atom. The van der Waals surface area contributed by atoms with Gasteiger partial charge in [0.05, 0.1) is 0 Å². The van der Waals surface area contributed by atoms with Crippen LogP contribution in [0.5, 0.6) is 0 Å². The van der Waals surface area contributed by atoms with Gasteiger partial charge in [0.2, 0.25) is 5.91 Å². The highest BCUT2D eigenvalue weighted by molar-refractivity contribution is 6.02. The predicted octanol–water partition coefficient (Wildman–Crippen LogP) is 1.66. The van der Waals surface area contributed by atoms with Gasteiger partial charge in [0.25, 0.3) is 0 Å². The van der Waals surface area contributed by atoms with Crippen LogP contribution in [0, 0.1) is 5.92 Å². The summed E-state index contributed by atoms with van der Waals surface area (Å²) in [6.45, 7) is 7.38. The van der Waals surface area contributed by atoms with Crippen LogP contribution in [0.2, 0.25) is 0 Å². The first-order valence-corrected chi connectivity index (χ1v) is 7.48. The molecule has 5 heteroatoms. The van der Waals surface area contributed by atoms with E-state index < -0.39 is 6.04 Å². The highest BCUT2D eigenvalue weighted by Gasteiger charge is 2.27. The number of carbonyl (C=O) groups excluding carboxylic acids is 1. The summed E-state index contributed by atoms with van der Waals surface area (Å²) < 4.78 is 0. The molecule has 2 rings (SSSR count). The summed E-state index contributed by atoms with van der Waals surface area (Å²) >= 11 is 0. The first-order valence-electron chi connectivity index (χ1n) is 7.48. The number of benzene rings is 1. The van der Waals surface area contributed by atoms with Crippen LogP contribution in [0.3, 0.4) is 0 Å². The lowest BCUT2D eigenvalue weighted by atomic mass is 10.1. The molecule has 3 N–H and O–H groups in total. The lowest BCUT2D eigenvalue weighted by Gasteiger charge is -2.28. The fourth-order valence-electron chi connectivity index (χ4n) is 2.56. The van der Waals surface area contributed by atoms with Crippen molar-refractivity contribution in [3.05, 3.63) is 23.8 Å². The molecule has 1 aliphatic heterocycles. The molecule has 0 spiro atoms. The monoisotopic (exact) mass is 290 g/mol. The smallest absolute Gasteiger partial charge is 0.245 e. The average Bonchev–Trinajstić information content (AvgIpc) is 2.69. The highest BCUT2D eigenvalue weighted by atomic mass is 16.2. The van der Waals surface area contributed by atoms with Crippen LogP contribution < -0.4 is 16.0 Å². The van der Waals surface area contributed by atoms with Gasteiger partial charge in [-0.15, -0.1) is 0 Å². The second kappa shape index (κ2) is 6.45. The van der Waals surface area contributed by atoms with E-state index in [0.717, 1.165) is 36.6 Å². The second-order valence-corrected chi connectivity index (χ2v) is 6.38. The zero-order valence-electron chi connectivity index (χ0n) is 13.4. The third-order valence-corrected chi connectivity index (χ3v) is 3.68. The van der Waals surface area contributed by atoms with Crippen molar-refractivity contribution in [3.63, 3.8) is 0 Å². The van der Waals surface area contributed by atoms with Crippen molar-refractivity contribution in [1.82, 2.24) is 4.90 Å². The number of hydrogen-bond donors (Lipinski definition) is 2. The van der Waals surface area contributed by atoms with E-state index in [1.807, 2.05) is 12.1 Å². The molecule has 0 saturated carbocycles. The third kappa shape index (κ3) is 3.74. The maximum atomic E-state index is 11.6. The van der Waals surface area contributed by atoms with Gasteiger partial charge in [-0.3, -0.25) is 4.79 Å². The number of nitrogens with zero attached hydrogens (tertiary/aromatic N) is 2. The maximum absolute atomic E-state index is 11.6. The van der Waals surface area contributed by atoms with E-state index in [1.54, 1.807) is 0 Å². The largest absolute Gasteiger partial charge is 0.370 e. The Kier molecular flexibility index (Phi) is 4.85. The average molecular weight is 290 g/mol. The zero-order valence-corrected chi connectivity index (χ0v) is 13.4. The molecule has 1 aromatic carbocycles. The van der Waals surface area contributed by atoms with Crippen molar-refractivity contribution in [2.45, 2.75) is 19.9 Å². The number of hydrogen-bond acceptors (Lipinski definition) is 4. The number of amides is 1. The number of anilines is 2. The number of fused-ring (bicyclic) bond motifs is 1. The van der Waals surface area contributed by atoms with E-state index >= 15 is 0 Å². The highest BCUT2D eigenvalue weighted by Crippen LogP contribution is 2.32. The normalized spacial score (nSPS) is 17.3. The minimum Gasteiger partial charge on any atom is -0.370 e. The van der Waals surface area contributed by atoms with E-state index in [1.165, 1.54) is 0 Å². The van der Waals surface area contributed by atoms with Crippen LogP contribution in [-0.2, 0) is 4.79 Å². The Morgan fingerprint density at radius 1 is 1.29 bits per heavy atom. The Balaban J connectivity index is 2.20. The van der Waals surface area contributed by atoms with E-state index in [9.17, 15) is 4.79 Å². The van der Waals surface area contributed by atoms with Crippen molar-refractivity contribution in [3.8, 4) is 0 Å². The van der Waals surface area contributed by atoms with E-state index in [0.29, 0.717) is 5.92 Å². The number of nitrogens with one attached hydrogen (secondary N) is 1. The molecule has 1 unspecified atom stereocenters. The van der Waals surface area contributed by atoms with Crippen molar-refractivity contribution < 1.29 is 4.79 Å². The Hall–Kier alpha value is -1.59. The molecule has 0 radical (unpaired) electrons. The van der Waals surface area contributed by atoms with E-state index in [-0.39, 0.29) is 5.91 Å². The van der Waals surface area contributed by atoms with Crippen LogP contribution in [0.25, 0.3) is 0 Å². The van der Waals surface area contributed by atoms with Gasteiger partial charge in [-0.05, 0) is 32.1 Å². The lowest BCUT2D eigenvalue weighted by Crippen LogP contribution is -2.34. The Morgan fingerprint density at radius 3 is 2.62 bits per heavy atom. The summed E-state index contributed by atoms with van der Waals surface area (Å²) in [5.74, 6) is 0.461. The molecule has 0 aliphatic carbocycles. The van der Waals surface area contributed by atoms with Gasteiger partial charge in [-0.2, -0.15) is 0 Å². The first kappa shape index (κ1) is 15.8. The fraction of sp³-hybridized carbons (Fsp3) is 0.562. The molecule has 1 heterocycles. The van der Waals surface area contributed by atoms with E-state index in [2.05, 4.69) is 49.1 Å². The van der Waals surface area contributed by atoms with Crippen molar-refractivity contribution >= 4 is 17.3 Å². The number of likely N-dealkylation sites (N-methyl/N-ethyl adjacent to an activating group) is 1. The van der Waals surface area contributed by atoms with Gasteiger partial charge in [0, 0.05) is 36.6 Å². The molecule has 116 valence electrons. The molecule has 21 heavy (non-hydrogen) atoms. The second-order valence-electron chi connectivity index (χ2n) is 6.38. The van der Waals surface area contributed by atoms with Gasteiger partial charge in [-0.1, -0.05) is 19.9 Å². The van der Waals surface area contributed by atoms with Gasteiger partial charge in [-0.25, -0.2) is 0 Å². The SMILES string of the molecule is CC(C)CN(CCN(C)C)c1ccc2c(c1)NC(=O)C2N. The number of carbonyl (C=O) groups is 1. The minimum atomic E-state index is -0.533. The van der Waals surface area contributed by atoms with Gasteiger partial charge in [0.15, 0.2) is 0 Å². The molecule has 5 nitrogen and oxygen atoms in total. The predicted molar refractivity (Wildman–Crippen MR) is 87.6 cm³/mol. The quantitative estimate of drug-likeness (QED) is 0.836. The Bertz CT molecular complexity index is 513. The summed E-state index contributed by atoms with van der Waals surface area (Å²) in [5.41, 5.74) is 8.74. The van der Waals surface area contributed by atoms with Crippen molar-refractivity contribution in [2.75, 3.05) is 43.9 Å². The molecule has 1 amide bonds. The van der Waals surface area contributed by atoms with Crippen LogP contribution in [-0.4, -0.2) is 44.5 Å². The van der Waals surface area contributed by atoms with Crippen molar-refractivity contribution in [2.24, 2.45) is 11.7 Å². The topological polar surface area (TPSA) is 61.6 Å². The van der Waals surface area contributed by atoms with Gasteiger partial charge in [0.1, 0.15) is 6.04 Å². The first-order chi connectivity index (χ1) is 9.88. The van der Waals surface area contributed by atoms with Crippen LogP contribution in [0.4, 0.5) is 11.4 Å².